The number of rotatable bonds is 5. The first-order valence-corrected chi connectivity index (χ1v) is 9.69. The summed E-state index contributed by atoms with van der Waals surface area (Å²) >= 11 is 1.92. The van der Waals surface area contributed by atoms with Crippen LogP contribution in [0.1, 0.15) is 21.5 Å². The summed E-state index contributed by atoms with van der Waals surface area (Å²) in [6.45, 7) is 4.17. The molecule has 1 unspecified atom stereocenters. The highest BCUT2D eigenvalue weighted by molar-refractivity contribution is 7.99. The lowest BCUT2D eigenvalue weighted by Crippen LogP contribution is -2.48. The lowest BCUT2D eigenvalue weighted by Gasteiger charge is -2.35. The number of thioether (sulfide) groups is 1. The van der Waals surface area contributed by atoms with Crippen molar-refractivity contribution >= 4 is 17.7 Å². The van der Waals surface area contributed by atoms with Gasteiger partial charge < -0.3 is 5.32 Å². The van der Waals surface area contributed by atoms with Gasteiger partial charge in [0.05, 0.1) is 0 Å². The molecule has 1 amide bonds. The number of aryl methyl sites for hydroxylation is 1. The van der Waals surface area contributed by atoms with Crippen LogP contribution in [0.3, 0.4) is 0 Å². The van der Waals surface area contributed by atoms with E-state index in [2.05, 4.69) is 34.5 Å². The quantitative estimate of drug-likeness (QED) is 0.888. The number of hydrogen-bond donors (Lipinski definition) is 1. The van der Waals surface area contributed by atoms with Crippen molar-refractivity contribution in [3.05, 3.63) is 71.0 Å². The Morgan fingerprint density at radius 3 is 2.84 bits per heavy atom. The third-order valence-electron chi connectivity index (χ3n) is 4.51. The number of halogens is 1. The van der Waals surface area contributed by atoms with Crippen LogP contribution in [0.4, 0.5) is 4.39 Å². The van der Waals surface area contributed by atoms with Crippen molar-refractivity contribution in [2.24, 2.45) is 0 Å². The number of hydrogen-bond acceptors (Lipinski definition) is 3. The highest BCUT2D eigenvalue weighted by Crippen LogP contribution is 2.19. The Bertz CT molecular complexity index is 723. The Hall–Kier alpha value is -1.85. The van der Waals surface area contributed by atoms with Gasteiger partial charge in [-0.1, -0.05) is 36.4 Å². The Labute approximate surface area is 152 Å². The molecule has 0 aromatic heterocycles. The van der Waals surface area contributed by atoms with Crippen LogP contribution in [0, 0.1) is 12.7 Å². The van der Waals surface area contributed by atoms with E-state index in [-0.39, 0.29) is 11.7 Å². The van der Waals surface area contributed by atoms with E-state index in [0.29, 0.717) is 23.7 Å². The zero-order valence-corrected chi connectivity index (χ0v) is 15.2. The molecule has 1 saturated heterocycles. The molecule has 3 nitrogen and oxygen atoms in total. The molecule has 25 heavy (non-hydrogen) atoms. The highest BCUT2D eigenvalue weighted by Gasteiger charge is 2.23. The molecular weight excluding hydrogens is 335 g/mol. The van der Waals surface area contributed by atoms with Crippen molar-refractivity contribution in [3.63, 3.8) is 0 Å². The van der Waals surface area contributed by atoms with Crippen molar-refractivity contribution in [3.8, 4) is 0 Å². The van der Waals surface area contributed by atoms with Gasteiger partial charge in [-0.25, -0.2) is 4.39 Å². The van der Waals surface area contributed by atoms with Gasteiger partial charge in [-0.3, -0.25) is 9.69 Å². The molecule has 1 heterocycles. The summed E-state index contributed by atoms with van der Waals surface area (Å²) in [5.74, 6) is 1.55. The fourth-order valence-corrected chi connectivity index (χ4v) is 4.08. The van der Waals surface area contributed by atoms with Gasteiger partial charge in [0.2, 0.25) is 0 Å². The van der Waals surface area contributed by atoms with E-state index in [1.54, 1.807) is 19.1 Å². The minimum atomic E-state index is -0.341. The minimum absolute atomic E-state index is 0.214. The molecule has 0 bridgehead atoms. The molecule has 1 fully saturated rings. The van der Waals surface area contributed by atoms with Crippen LogP contribution < -0.4 is 5.32 Å². The van der Waals surface area contributed by atoms with Crippen molar-refractivity contribution in [1.82, 2.24) is 10.2 Å². The first-order valence-electron chi connectivity index (χ1n) is 8.53. The van der Waals surface area contributed by atoms with E-state index in [1.165, 1.54) is 11.6 Å². The number of carbonyl (C=O) groups is 1. The van der Waals surface area contributed by atoms with Gasteiger partial charge in [0.15, 0.2) is 0 Å². The molecular formula is C20H23FN2OS. The van der Waals surface area contributed by atoms with E-state index in [0.717, 1.165) is 24.6 Å². The van der Waals surface area contributed by atoms with Gasteiger partial charge in [0, 0.05) is 42.7 Å². The first kappa shape index (κ1) is 18.0. The second-order valence-electron chi connectivity index (χ2n) is 6.36. The van der Waals surface area contributed by atoms with Crippen molar-refractivity contribution in [2.75, 3.05) is 24.6 Å². The SMILES string of the molecule is Cc1ccc(C(=O)NCC2CSCCN2Cc2ccccc2)cc1F. The Balaban J connectivity index is 1.59. The monoisotopic (exact) mass is 358 g/mol. The molecule has 0 aliphatic carbocycles. The first-order chi connectivity index (χ1) is 12.1. The highest BCUT2D eigenvalue weighted by atomic mass is 32.2. The summed E-state index contributed by atoms with van der Waals surface area (Å²) in [6.07, 6.45) is 0. The summed E-state index contributed by atoms with van der Waals surface area (Å²) < 4.78 is 13.6. The molecule has 3 rings (SSSR count). The molecule has 2 aromatic rings. The predicted molar refractivity (Wildman–Crippen MR) is 101 cm³/mol. The smallest absolute Gasteiger partial charge is 0.251 e. The van der Waals surface area contributed by atoms with E-state index in [4.69, 9.17) is 0 Å². The van der Waals surface area contributed by atoms with Crippen LogP contribution in [0.5, 0.6) is 0 Å². The zero-order chi connectivity index (χ0) is 17.6. The standard InChI is InChI=1S/C20H23FN2OS/c1-15-7-8-17(11-19(15)21)20(24)22-12-18-14-25-10-9-23(18)13-16-5-3-2-4-6-16/h2-8,11,18H,9-10,12-14H2,1H3,(H,22,24). The number of nitrogens with zero attached hydrogens (tertiary/aromatic N) is 1. The summed E-state index contributed by atoms with van der Waals surface area (Å²) in [4.78, 5) is 14.7. The second-order valence-corrected chi connectivity index (χ2v) is 7.51. The number of benzene rings is 2. The molecule has 1 aliphatic heterocycles. The van der Waals surface area contributed by atoms with Crippen LogP contribution in [0.15, 0.2) is 48.5 Å². The molecule has 5 heteroatoms. The molecule has 132 valence electrons. The van der Waals surface area contributed by atoms with Gasteiger partial charge in [0.1, 0.15) is 5.82 Å². The number of amides is 1. The van der Waals surface area contributed by atoms with E-state index >= 15 is 0 Å². The summed E-state index contributed by atoms with van der Waals surface area (Å²) in [7, 11) is 0. The molecule has 0 spiro atoms. The van der Waals surface area contributed by atoms with Gasteiger partial charge in [0.25, 0.3) is 5.91 Å². The van der Waals surface area contributed by atoms with Crippen LogP contribution >= 0.6 is 11.8 Å². The van der Waals surface area contributed by atoms with Gasteiger partial charge in [-0.05, 0) is 30.2 Å². The van der Waals surface area contributed by atoms with Gasteiger partial charge >= 0.3 is 0 Å². The lowest BCUT2D eigenvalue weighted by molar-refractivity contribution is 0.0935. The Morgan fingerprint density at radius 2 is 2.08 bits per heavy atom. The third-order valence-corrected chi connectivity index (χ3v) is 5.60. The topological polar surface area (TPSA) is 32.3 Å². The summed E-state index contributed by atoms with van der Waals surface area (Å²) in [5.41, 5.74) is 2.21. The average Bonchev–Trinajstić information content (AvgIpc) is 2.64. The fourth-order valence-electron chi connectivity index (χ4n) is 2.95. The van der Waals surface area contributed by atoms with Gasteiger partial charge in [-0.15, -0.1) is 0 Å². The lowest BCUT2D eigenvalue weighted by atomic mass is 10.1. The van der Waals surface area contributed by atoms with Crippen molar-refractivity contribution < 1.29 is 9.18 Å². The van der Waals surface area contributed by atoms with E-state index < -0.39 is 0 Å². The maximum absolute atomic E-state index is 13.6. The maximum atomic E-state index is 13.6. The molecule has 0 saturated carbocycles. The average molecular weight is 358 g/mol. The zero-order valence-electron chi connectivity index (χ0n) is 14.4. The van der Waals surface area contributed by atoms with Gasteiger partial charge in [-0.2, -0.15) is 11.8 Å². The fraction of sp³-hybridized carbons (Fsp3) is 0.350. The van der Waals surface area contributed by atoms with Crippen LogP contribution in [0.25, 0.3) is 0 Å². The van der Waals surface area contributed by atoms with E-state index in [9.17, 15) is 9.18 Å². The summed E-state index contributed by atoms with van der Waals surface area (Å²) in [6, 6.07) is 15.3. The maximum Gasteiger partial charge on any atom is 0.251 e. The van der Waals surface area contributed by atoms with Crippen molar-refractivity contribution in [2.45, 2.75) is 19.5 Å². The number of nitrogens with one attached hydrogen (secondary N) is 1. The molecule has 2 aromatic carbocycles. The minimum Gasteiger partial charge on any atom is -0.350 e. The molecule has 1 atom stereocenters. The van der Waals surface area contributed by atoms with Crippen LogP contribution in [0.2, 0.25) is 0 Å². The summed E-state index contributed by atoms with van der Waals surface area (Å²) in [5, 5.41) is 2.97. The second kappa shape index (κ2) is 8.50. The molecule has 1 aliphatic rings. The van der Waals surface area contributed by atoms with Crippen molar-refractivity contribution in [1.29, 1.82) is 0 Å². The van der Waals surface area contributed by atoms with E-state index in [1.807, 2.05) is 17.8 Å². The number of carbonyl (C=O) groups excluding carboxylic acids is 1. The molecule has 0 radical (unpaired) electrons. The van der Waals surface area contributed by atoms with Crippen LogP contribution in [-0.4, -0.2) is 41.4 Å². The third kappa shape index (κ3) is 4.83. The van der Waals surface area contributed by atoms with Crippen LogP contribution in [-0.2, 0) is 6.54 Å². The Morgan fingerprint density at radius 1 is 1.28 bits per heavy atom. The normalized spacial score (nSPS) is 18.1. The molecule has 1 N–H and O–H groups in total. The predicted octanol–water partition coefficient (Wildman–Crippen LogP) is 3.48. The Kier molecular flexibility index (Phi) is 6.10. The largest absolute Gasteiger partial charge is 0.350 e.